The summed E-state index contributed by atoms with van der Waals surface area (Å²) in [5.41, 5.74) is 6.58. The molecule has 0 fully saturated rings. The zero-order chi connectivity index (χ0) is 25.3. The zero-order valence-electron chi connectivity index (χ0n) is 20.1. The third kappa shape index (κ3) is 3.84. The third-order valence-electron chi connectivity index (χ3n) is 6.85. The van der Waals surface area contributed by atoms with E-state index in [1.165, 1.54) is 6.20 Å². The molecule has 184 valence electrons. The van der Waals surface area contributed by atoms with E-state index >= 15 is 0 Å². The molecule has 8 nitrogen and oxygen atoms in total. The summed E-state index contributed by atoms with van der Waals surface area (Å²) in [6.45, 7) is 10.8. The summed E-state index contributed by atoms with van der Waals surface area (Å²) in [6.07, 6.45) is 1.78. The zero-order valence-corrected chi connectivity index (χ0v) is 21.7. The second-order valence-corrected chi connectivity index (χ2v) is 13.5. The summed E-state index contributed by atoms with van der Waals surface area (Å²) in [5.74, 6) is 0.343. The average Bonchev–Trinajstić information content (AvgIpc) is 2.79. The molecule has 10 heteroatoms. The van der Waals surface area contributed by atoms with Crippen LogP contribution in [0.25, 0.3) is 0 Å². The molecule has 2 aromatic rings. The van der Waals surface area contributed by atoms with Crippen LogP contribution in [-0.2, 0) is 5.54 Å². The quantitative estimate of drug-likeness (QED) is 0.435. The van der Waals surface area contributed by atoms with Crippen LogP contribution in [0.15, 0.2) is 35.5 Å². The van der Waals surface area contributed by atoms with Gasteiger partial charge < -0.3 is 15.8 Å². The van der Waals surface area contributed by atoms with Crippen LogP contribution in [0, 0.1) is 6.92 Å². The number of aliphatic imine (C=N–C) groups is 1. The number of hydrogen-bond acceptors (Lipinski definition) is 7. The second kappa shape index (κ2) is 7.84. The minimum Gasteiger partial charge on any atom is -0.487 e. The Morgan fingerprint density at radius 1 is 1.24 bits per heavy atom. The van der Waals surface area contributed by atoms with Crippen molar-refractivity contribution >= 4 is 39.6 Å². The van der Waals surface area contributed by atoms with Crippen LogP contribution in [0.3, 0.4) is 0 Å². The second-order valence-electron chi connectivity index (χ2n) is 10.3. The average molecular weight is 507 g/mol. The molecule has 2 aliphatic heterocycles. The molecule has 5 N–H and O–H groups in total. The fourth-order valence-corrected chi connectivity index (χ4v) is 7.41. The Labute approximate surface area is 206 Å². The lowest BCUT2D eigenvalue weighted by atomic mass is 9.84. The number of nitrogens with two attached hydrogens (primary N) is 1. The molecule has 0 radical (unpaired) electrons. The highest BCUT2D eigenvalue weighted by Gasteiger charge is 2.59. The van der Waals surface area contributed by atoms with Crippen LogP contribution in [-0.4, -0.2) is 41.4 Å². The van der Waals surface area contributed by atoms with Crippen LogP contribution >= 0.6 is 22.2 Å². The van der Waals surface area contributed by atoms with Gasteiger partial charge in [0, 0.05) is 23.9 Å². The fraction of sp³-hybridized carbons (Fsp3) is 0.458. The van der Waals surface area contributed by atoms with Crippen LogP contribution in [0.4, 0.5) is 5.69 Å². The number of aromatic nitrogens is 1. The fourth-order valence-electron chi connectivity index (χ4n) is 4.68. The van der Waals surface area contributed by atoms with Crippen LogP contribution in [0.1, 0.15) is 62.7 Å². The maximum Gasteiger partial charge on any atom is 0.274 e. The number of amidine groups is 1. The van der Waals surface area contributed by atoms with Crippen molar-refractivity contribution in [2.75, 3.05) is 5.32 Å². The van der Waals surface area contributed by atoms with Crippen molar-refractivity contribution in [2.24, 2.45) is 10.7 Å². The van der Waals surface area contributed by atoms with Gasteiger partial charge in [-0.3, -0.25) is 18.9 Å². The molecular formula is C24H31ClN4O4S. The number of nitrogens with one attached hydrogen (secondary N) is 1. The highest BCUT2D eigenvalue weighted by atomic mass is 35.5. The summed E-state index contributed by atoms with van der Waals surface area (Å²) < 4.78 is 28.2. The molecule has 34 heavy (non-hydrogen) atoms. The molecular weight excluding hydrogens is 476 g/mol. The van der Waals surface area contributed by atoms with Gasteiger partial charge in [-0.05, 0) is 71.4 Å². The number of rotatable bonds is 2. The number of benzene rings is 1. The minimum absolute atomic E-state index is 0.173. The number of halogens is 1. The molecule has 0 spiro atoms. The van der Waals surface area contributed by atoms with Crippen LogP contribution in [0.5, 0.6) is 5.75 Å². The van der Waals surface area contributed by atoms with Crippen molar-refractivity contribution in [3.8, 4) is 5.75 Å². The van der Waals surface area contributed by atoms with E-state index in [0.29, 0.717) is 34.0 Å². The smallest absolute Gasteiger partial charge is 0.274 e. The predicted molar refractivity (Wildman–Crippen MR) is 137 cm³/mol. The molecule has 0 aliphatic carbocycles. The first-order chi connectivity index (χ1) is 15.6. The van der Waals surface area contributed by atoms with Gasteiger partial charge in [0.2, 0.25) is 0 Å². The Morgan fingerprint density at radius 3 is 2.56 bits per heavy atom. The Balaban J connectivity index is 1.83. The lowest BCUT2D eigenvalue weighted by Crippen LogP contribution is -2.57. The minimum atomic E-state index is -3.24. The highest BCUT2D eigenvalue weighted by Crippen LogP contribution is 2.67. The largest absolute Gasteiger partial charge is 0.487 e. The van der Waals surface area contributed by atoms with E-state index in [0.717, 1.165) is 0 Å². The van der Waals surface area contributed by atoms with Gasteiger partial charge in [0.25, 0.3) is 5.91 Å². The molecule has 0 bridgehead atoms. The van der Waals surface area contributed by atoms with Gasteiger partial charge in [-0.15, -0.1) is 0 Å². The number of hydrogen-bond donors (Lipinski definition) is 4. The monoisotopic (exact) mass is 506 g/mol. The molecule has 2 aliphatic rings. The Morgan fingerprint density at radius 2 is 1.91 bits per heavy atom. The highest BCUT2D eigenvalue weighted by molar-refractivity contribution is 8.26. The van der Waals surface area contributed by atoms with Gasteiger partial charge in [-0.2, -0.15) is 10.6 Å². The summed E-state index contributed by atoms with van der Waals surface area (Å²) in [7, 11) is -3.24. The molecule has 1 amide bonds. The topological polar surface area (TPSA) is 130 Å². The van der Waals surface area contributed by atoms with E-state index in [1.54, 1.807) is 45.0 Å². The van der Waals surface area contributed by atoms with Crippen molar-refractivity contribution in [3.05, 3.63) is 52.3 Å². The van der Waals surface area contributed by atoms with E-state index in [-0.39, 0.29) is 17.4 Å². The predicted octanol–water partition coefficient (Wildman–Crippen LogP) is 5.34. The van der Waals surface area contributed by atoms with E-state index < -0.39 is 31.7 Å². The van der Waals surface area contributed by atoms with E-state index in [9.17, 15) is 13.9 Å². The maximum absolute atomic E-state index is 12.9. The maximum atomic E-state index is 12.9. The molecule has 2 atom stereocenters. The van der Waals surface area contributed by atoms with Gasteiger partial charge in [0.1, 0.15) is 33.2 Å². The molecule has 0 saturated heterocycles. The van der Waals surface area contributed by atoms with Gasteiger partial charge in [0.05, 0.1) is 10.3 Å². The summed E-state index contributed by atoms with van der Waals surface area (Å²) >= 11 is 5.97. The number of ether oxygens (including phenoxy) is 1. The summed E-state index contributed by atoms with van der Waals surface area (Å²) in [5, 5.41) is 2.68. The molecule has 0 saturated carbocycles. The number of amides is 1. The molecule has 1 aromatic carbocycles. The Kier molecular flexibility index (Phi) is 5.72. The van der Waals surface area contributed by atoms with Crippen molar-refractivity contribution < 1.29 is 18.6 Å². The number of anilines is 1. The number of pyridine rings is 1. The van der Waals surface area contributed by atoms with Gasteiger partial charge in [-0.1, -0.05) is 11.6 Å². The first-order valence-corrected chi connectivity index (χ1v) is 13.0. The molecule has 3 heterocycles. The van der Waals surface area contributed by atoms with Gasteiger partial charge >= 0.3 is 0 Å². The SMILES string of the molecule is Cc1cc(Cl)cnc1C(=O)Nc1ccc2c(c1)[C@@]1(C)N=C(N)C(C)(C)S(O)(O)[C@@H]1CC(C)(C)O2. The van der Waals surface area contributed by atoms with Gasteiger partial charge in [0.15, 0.2) is 0 Å². The van der Waals surface area contributed by atoms with Crippen LogP contribution < -0.4 is 15.8 Å². The number of fused-ring (bicyclic) bond motifs is 3. The lowest BCUT2D eigenvalue weighted by Gasteiger charge is -2.59. The Hall–Kier alpha value is -2.33. The van der Waals surface area contributed by atoms with Crippen LogP contribution in [0.2, 0.25) is 5.02 Å². The standard InChI is InChI=1S/C24H31ClN4O4S/c1-13-9-14(25)12-27-19(13)20(30)28-15-7-8-17-16(10-15)24(6)18(11-22(2,3)33-17)34(31,32)23(4,5)21(26)29-24/h7-10,12,18,31-32H,11H2,1-6H3,(H2,26,29)(H,28,30)/t18-,24-/m1/s1. The van der Waals surface area contributed by atoms with Crippen molar-refractivity contribution in [2.45, 2.75) is 69.1 Å². The molecule has 0 unspecified atom stereocenters. The number of carbonyl (C=O) groups is 1. The van der Waals surface area contributed by atoms with Crippen molar-refractivity contribution in [3.63, 3.8) is 0 Å². The molecule has 1 aromatic heterocycles. The first kappa shape index (κ1) is 24.8. The Bertz CT molecular complexity index is 1210. The van der Waals surface area contributed by atoms with Crippen molar-refractivity contribution in [1.82, 2.24) is 4.98 Å². The number of carbonyl (C=O) groups excluding carboxylic acids is 1. The summed E-state index contributed by atoms with van der Waals surface area (Å²) in [6, 6.07) is 6.94. The van der Waals surface area contributed by atoms with Crippen molar-refractivity contribution in [1.29, 1.82) is 0 Å². The van der Waals surface area contributed by atoms with E-state index in [2.05, 4.69) is 10.3 Å². The summed E-state index contributed by atoms with van der Waals surface area (Å²) in [4.78, 5) is 21.9. The van der Waals surface area contributed by atoms with Gasteiger partial charge in [-0.25, -0.2) is 4.98 Å². The third-order valence-corrected chi connectivity index (χ3v) is 10.2. The van der Waals surface area contributed by atoms with E-state index in [4.69, 9.17) is 27.1 Å². The molecule has 4 rings (SSSR count). The lowest BCUT2D eigenvalue weighted by molar-refractivity contribution is 0.0999. The van der Waals surface area contributed by atoms with E-state index in [1.807, 2.05) is 20.8 Å². The number of aryl methyl sites for hydroxylation is 1. The normalized spacial score (nSPS) is 27.2. The first-order valence-electron chi connectivity index (χ1n) is 11.0. The number of nitrogens with zero attached hydrogens (tertiary/aromatic N) is 2.